The number of aromatic amines is 1. The van der Waals surface area contributed by atoms with Crippen LogP contribution in [0.25, 0.3) is 22.4 Å². The minimum absolute atomic E-state index is 0.124. The van der Waals surface area contributed by atoms with Crippen LogP contribution < -0.4 is 5.73 Å². The van der Waals surface area contributed by atoms with Gasteiger partial charge in [0.15, 0.2) is 0 Å². The number of carbonyl (C=O) groups excluding carboxylic acids is 2. The molecule has 0 saturated heterocycles. The zero-order chi connectivity index (χ0) is 17.4. The number of nitrogens with two attached hydrogens (primary N) is 1. The van der Waals surface area contributed by atoms with Crippen LogP contribution in [0.1, 0.15) is 20.7 Å². The fourth-order valence-electron chi connectivity index (χ4n) is 2.79. The van der Waals surface area contributed by atoms with Crippen molar-refractivity contribution in [3.05, 3.63) is 78.1 Å². The second kappa shape index (κ2) is 5.76. The van der Waals surface area contributed by atoms with Crippen LogP contribution in [0.15, 0.2) is 67.0 Å². The minimum atomic E-state index is -0.528. The fourth-order valence-corrected chi connectivity index (χ4v) is 2.79. The molecule has 1 amide bonds. The first-order valence-electron chi connectivity index (χ1n) is 7.70. The lowest BCUT2D eigenvalue weighted by molar-refractivity contribution is 0.0959. The normalized spacial score (nSPS) is 10.9. The third-order valence-electron chi connectivity index (χ3n) is 4.00. The molecule has 2 aromatic carbocycles. The average Bonchev–Trinajstić information content (AvgIpc) is 3.30. The standard InChI is InChI=1S/C19H14N4O2/c20-17(24)14-7-4-8-15-16(14)22-18(21-15)12-5-3-6-13(11-12)19(25)23-9-1-2-10-23/h1-11H,(H2,20,24)(H,21,22). The van der Waals surface area contributed by atoms with E-state index in [0.717, 1.165) is 5.56 Å². The van der Waals surface area contributed by atoms with E-state index in [4.69, 9.17) is 5.73 Å². The summed E-state index contributed by atoms with van der Waals surface area (Å²) in [6, 6.07) is 16.0. The molecule has 0 fully saturated rings. The number of aromatic nitrogens is 3. The van der Waals surface area contributed by atoms with Crippen LogP contribution in [0.4, 0.5) is 0 Å². The van der Waals surface area contributed by atoms with Crippen LogP contribution in [-0.2, 0) is 0 Å². The van der Waals surface area contributed by atoms with Crippen molar-refractivity contribution in [1.29, 1.82) is 0 Å². The third-order valence-corrected chi connectivity index (χ3v) is 4.00. The Morgan fingerprint density at radius 3 is 2.52 bits per heavy atom. The number of primary amides is 1. The second-order valence-electron chi connectivity index (χ2n) is 5.63. The molecule has 0 atom stereocenters. The quantitative estimate of drug-likeness (QED) is 0.605. The van der Waals surface area contributed by atoms with Crippen LogP contribution in [0, 0.1) is 0 Å². The van der Waals surface area contributed by atoms with Gasteiger partial charge in [0.25, 0.3) is 11.8 Å². The number of rotatable bonds is 3. The molecule has 0 bridgehead atoms. The summed E-state index contributed by atoms with van der Waals surface area (Å²) in [5.74, 6) is -0.0770. The highest BCUT2D eigenvalue weighted by atomic mass is 16.2. The lowest BCUT2D eigenvalue weighted by Gasteiger charge is -2.03. The van der Waals surface area contributed by atoms with E-state index in [1.54, 1.807) is 54.9 Å². The van der Waals surface area contributed by atoms with Crippen molar-refractivity contribution in [2.24, 2.45) is 5.73 Å². The number of carbonyl (C=O) groups is 2. The number of benzene rings is 2. The first-order chi connectivity index (χ1) is 12.1. The Hall–Kier alpha value is -3.67. The van der Waals surface area contributed by atoms with E-state index in [0.29, 0.717) is 28.0 Å². The molecule has 0 saturated carbocycles. The monoisotopic (exact) mass is 330 g/mol. The molecule has 0 aliphatic rings. The molecule has 3 N–H and O–H groups in total. The van der Waals surface area contributed by atoms with Gasteiger partial charge in [0.05, 0.1) is 11.1 Å². The molecule has 0 spiro atoms. The number of nitrogens with zero attached hydrogens (tertiary/aromatic N) is 2. The summed E-state index contributed by atoms with van der Waals surface area (Å²) in [6.07, 6.45) is 3.41. The number of hydrogen-bond acceptors (Lipinski definition) is 3. The summed E-state index contributed by atoms with van der Waals surface area (Å²) in [5.41, 5.74) is 8.30. The van der Waals surface area contributed by atoms with Gasteiger partial charge in [-0.3, -0.25) is 14.2 Å². The number of nitrogens with one attached hydrogen (secondary N) is 1. The number of para-hydroxylation sites is 1. The lowest BCUT2D eigenvalue weighted by Crippen LogP contribution is -2.11. The molecule has 122 valence electrons. The zero-order valence-electron chi connectivity index (χ0n) is 13.1. The van der Waals surface area contributed by atoms with Gasteiger partial charge in [-0.05, 0) is 36.4 Å². The van der Waals surface area contributed by atoms with E-state index >= 15 is 0 Å². The van der Waals surface area contributed by atoms with Crippen molar-refractivity contribution >= 4 is 22.8 Å². The van der Waals surface area contributed by atoms with E-state index in [2.05, 4.69) is 9.97 Å². The molecular formula is C19H14N4O2. The molecule has 0 unspecified atom stereocenters. The molecule has 6 nitrogen and oxygen atoms in total. The van der Waals surface area contributed by atoms with E-state index in [9.17, 15) is 9.59 Å². The van der Waals surface area contributed by atoms with E-state index in [1.807, 2.05) is 12.1 Å². The number of H-pyrrole nitrogens is 1. The molecule has 2 aromatic heterocycles. The van der Waals surface area contributed by atoms with Crippen molar-refractivity contribution in [1.82, 2.24) is 14.5 Å². The maximum atomic E-state index is 12.5. The summed E-state index contributed by atoms with van der Waals surface area (Å²) < 4.78 is 1.52. The average molecular weight is 330 g/mol. The number of hydrogen-bond donors (Lipinski definition) is 2. The smallest absolute Gasteiger partial charge is 0.261 e. The van der Waals surface area contributed by atoms with Gasteiger partial charge in [0.1, 0.15) is 11.3 Å². The lowest BCUT2D eigenvalue weighted by atomic mass is 10.1. The Morgan fingerprint density at radius 1 is 1.00 bits per heavy atom. The Labute approximate surface area is 142 Å². The van der Waals surface area contributed by atoms with Gasteiger partial charge < -0.3 is 10.7 Å². The highest BCUT2D eigenvalue weighted by molar-refractivity contribution is 6.04. The first-order valence-corrected chi connectivity index (χ1v) is 7.70. The van der Waals surface area contributed by atoms with Gasteiger partial charge in [-0.2, -0.15) is 0 Å². The van der Waals surface area contributed by atoms with E-state index in [-0.39, 0.29) is 5.91 Å². The molecule has 25 heavy (non-hydrogen) atoms. The number of fused-ring (bicyclic) bond motifs is 1. The van der Waals surface area contributed by atoms with Crippen molar-refractivity contribution in [3.8, 4) is 11.4 Å². The summed E-state index contributed by atoms with van der Waals surface area (Å²) in [7, 11) is 0. The zero-order valence-corrected chi connectivity index (χ0v) is 13.1. The summed E-state index contributed by atoms with van der Waals surface area (Å²) in [5, 5.41) is 0. The molecule has 0 aliphatic carbocycles. The van der Waals surface area contributed by atoms with Crippen LogP contribution in [-0.4, -0.2) is 26.3 Å². The number of imidazole rings is 1. The Balaban J connectivity index is 1.79. The Bertz CT molecular complexity index is 1090. The van der Waals surface area contributed by atoms with Gasteiger partial charge in [-0.1, -0.05) is 18.2 Å². The molecule has 2 heterocycles. The van der Waals surface area contributed by atoms with Gasteiger partial charge in [0, 0.05) is 23.5 Å². The Kier molecular flexibility index (Phi) is 3.43. The van der Waals surface area contributed by atoms with E-state index in [1.165, 1.54) is 4.57 Å². The largest absolute Gasteiger partial charge is 0.366 e. The highest BCUT2D eigenvalue weighted by Gasteiger charge is 2.14. The van der Waals surface area contributed by atoms with Crippen molar-refractivity contribution < 1.29 is 9.59 Å². The van der Waals surface area contributed by atoms with Gasteiger partial charge in [-0.25, -0.2) is 4.98 Å². The molecule has 4 aromatic rings. The van der Waals surface area contributed by atoms with E-state index < -0.39 is 5.91 Å². The molecule has 0 radical (unpaired) electrons. The summed E-state index contributed by atoms with van der Waals surface area (Å²) in [6.45, 7) is 0. The van der Waals surface area contributed by atoms with Crippen molar-refractivity contribution in [3.63, 3.8) is 0 Å². The SMILES string of the molecule is NC(=O)c1cccc2[nH]c(-c3cccc(C(=O)n4cccc4)c3)nc12. The van der Waals surface area contributed by atoms with Crippen molar-refractivity contribution in [2.75, 3.05) is 0 Å². The first kappa shape index (κ1) is 14.9. The van der Waals surface area contributed by atoms with Crippen LogP contribution >= 0.6 is 0 Å². The van der Waals surface area contributed by atoms with Gasteiger partial charge >= 0.3 is 0 Å². The highest BCUT2D eigenvalue weighted by Crippen LogP contribution is 2.23. The third kappa shape index (κ3) is 2.59. The Morgan fingerprint density at radius 2 is 1.76 bits per heavy atom. The molecule has 0 aliphatic heterocycles. The molecule has 4 rings (SSSR count). The topological polar surface area (TPSA) is 93.8 Å². The fraction of sp³-hybridized carbons (Fsp3) is 0. The number of amides is 1. The van der Waals surface area contributed by atoms with Crippen LogP contribution in [0.5, 0.6) is 0 Å². The van der Waals surface area contributed by atoms with Gasteiger partial charge in [-0.15, -0.1) is 0 Å². The van der Waals surface area contributed by atoms with Crippen molar-refractivity contribution in [2.45, 2.75) is 0 Å². The predicted molar refractivity (Wildman–Crippen MR) is 94.2 cm³/mol. The minimum Gasteiger partial charge on any atom is -0.366 e. The maximum absolute atomic E-state index is 12.5. The summed E-state index contributed by atoms with van der Waals surface area (Å²) >= 11 is 0. The molecular weight excluding hydrogens is 316 g/mol. The maximum Gasteiger partial charge on any atom is 0.261 e. The van der Waals surface area contributed by atoms with Gasteiger partial charge in [0.2, 0.25) is 0 Å². The van der Waals surface area contributed by atoms with Crippen LogP contribution in [0.3, 0.4) is 0 Å². The second-order valence-corrected chi connectivity index (χ2v) is 5.63. The molecule has 6 heteroatoms. The predicted octanol–water partition coefficient (Wildman–Crippen LogP) is 2.82. The van der Waals surface area contributed by atoms with Crippen LogP contribution in [0.2, 0.25) is 0 Å². The summed E-state index contributed by atoms with van der Waals surface area (Å²) in [4.78, 5) is 31.7.